The molecule has 1 amide bonds. The molecule has 2 aromatic carbocycles. The van der Waals surface area contributed by atoms with E-state index in [1.165, 1.54) is 48.6 Å². The highest BCUT2D eigenvalue weighted by atomic mass is 35.5. The summed E-state index contributed by atoms with van der Waals surface area (Å²) in [4.78, 5) is 39.6. The van der Waals surface area contributed by atoms with Crippen LogP contribution in [0.1, 0.15) is 32.7 Å². The fourth-order valence-corrected chi connectivity index (χ4v) is 4.13. The molecule has 9 heteroatoms. The number of fused-ring (bicyclic) bond motifs is 1. The lowest BCUT2D eigenvalue weighted by atomic mass is 9.99. The summed E-state index contributed by atoms with van der Waals surface area (Å²) in [5.41, 5.74) is 0.857. The quantitative estimate of drug-likeness (QED) is 0.309. The van der Waals surface area contributed by atoms with Gasteiger partial charge < -0.3 is 18.7 Å². The molecule has 34 heavy (non-hydrogen) atoms. The Labute approximate surface area is 197 Å². The third-order valence-electron chi connectivity index (χ3n) is 5.53. The highest BCUT2D eigenvalue weighted by molar-refractivity contribution is 6.31. The number of aliphatic hydroxyl groups excluding tert-OH is 1. The number of ether oxygens (including phenoxy) is 1. The number of hydrogen-bond acceptors (Lipinski definition) is 7. The van der Waals surface area contributed by atoms with Crippen LogP contribution in [0.2, 0.25) is 5.02 Å². The summed E-state index contributed by atoms with van der Waals surface area (Å²) in [6.07, 6.45) is 1.40. The van der Waals surface area contributed by atoms with Crippen LogP contribution >= 0.6 is 11.6 Å². The molecule has 1 N–H and O–H groups in total. The number of benzene rings is 2. The number of halogens is 1. The molecule has 1 unspecified atom stereocenters. The minimum Gasteiger partial charge on any atom is -0.503 e. The zero-order chi connectivity index (χ0) is 24.0. The van der Waals surface area contributed by atoms with Gasteiger partial charge in [0.2, 0.25) is 5.78 Å². The molecule has 2 aromatic heterocycles. The molecule has 0 aliphatic carbocycles. The van der Waals surface area contributed by atoms with Crippen molar-refractivity contribution in [3.63, 3.8) is 0 Å². The fraction of sp³-hybridized carbons (Fsp3) is 0.0800. The number of Topliss-reactive ketones (excluding diaryl/α,β-unsaturated/α-hetero) is 1. The number of rotatable bonds is 5. The molecule has 1 atom stereocenters. The van der Waals surface area contributed by atoms with Crippen LogP contribution in [0.4, 0.5) is 5.69 Å². The molecule has 1 aliphatic rings. The van der Waals surface area contributed by atoms with Gasteiger partial charge in [0.25, 0.3) is 5.91 Å². The van der Waals surface area contributed by atoms with E-state index in [9.17, 15) is 19.5 Å². The SMILES string of the molecule is COC(=O)c1ccc(N2C(=O)C(O)=C(C(=O)c3cc4cc(Cl)ccc4o3)C2c2ccco2)cc1. The summed E-state index contributed by atoms with van der Waals surface area (Å²) in [6, 6.07) is 14.5. The second kappa shape index (κ2) is 8.24. The third kappa shape index (κ3) is 3.45. The number of esters is 1. The fourth-order valence-electron chi connectivity index (χ4n) is 3.95. The molecule has 8 nitrogen and oxygen atoms in total. The van der Waals surface area contributed by atoms with Crippen molar-refractivity contribution in [3.8, 4) is 0 Å². The van der Waals surface area contributed by atoms with Gasteiger partial charge in [0.1, 0.15) is 17.4 Å². The van der Waals surface area contributed by atoms with Crippen molar-refractivity contribution in [1.29, 1.82) is 0 Å². The third-order valence-corrected chi connectivity index (χ3v) is 5.77. The molecular formula is C25H16ClNO7. The van der Waals surface area contributed by atoms with Crippen LogP contribution in [0.5, 0.6) is 0 Å². The molecule has 0 fully saturated rings. The minimum atomic E-state index is -1.06. The van der Waals surface area contributed by atoms with Gasteiger partial charge in [0, 0.05) is 16.1 Å². The molecule has 4 aromatic rings. The lowest BCUT2D eigenvalue weighted by Crippen LogP contribution is -2.30. The molecule has 0 radical (unpaired) electrons. The molecule has 1 aliphatic heterocycles. The van der Waals surface area contributed by atoms with Gasteiger partial charge in [-0.3, -0.25) is 14.5 Å². The first-order valence-corrected chi connectivity index (χ1v) is 10.5. The molecule has 3 heterocycles. The van der Waals surface area contributed by atoms with Gasteiger partial charge in [-0.05, 0) is 60.7 Å². The smallest absolute Gasteiger partial charge is 0.337 e. The van der Waals surface area contributed by atoms with Gasteiger partial charge in [-0.25, -0.2) is 4.79 Å². The maximum Gasteiger partial charge on any atom is 0.337 e. The number of carbonyl (C=O) groups excluding carboxylic acids is 3. The summed E-state index contributed by atoms with van der Waals surface area (Å²) in [5, 5.41) is 11.9. The van der Waals surface area contributed by atoms with E-state index in [-0.39, 0.29) is 22.7 Å². The first-order chi connectivity index (χ1) is 16.4. The summed E-state index contributed by atoms with van der Waals surface area (Å²) < 4.78 is 15.9. The Morgan fingerprint density at radius 3 is 2.53 bits per heavy atom. The lowest BCUT2D eigenvalue weighted by Gasteiger charge is -2.24. The first kappa shape index (κ1) is 21.5. The van der Waals surface area contributed by atoms with Crippen molar-refractivity contribution in [2.45, 2.75) is 6.04 Å². The van der Waals surface area contributed by atoms with E-state index in [4.69, 9.17) is 25.2 Å². The van der Waals surface area contributed by atoms with Gasteiger partial charge in [-0.15, -0.1) is 0 Å². The van der Waals surface area contributed by atoms with Gasteiger partial charge in [0.15, 0.2) is 11.5 Å². The molecule has 0 saturated carbocycles. The van der Waals surface area contributed by atoms with Crippen molar-refractivity contribution in [1.82, 2.24) is 0 Å². The van der Waals surface area contributed by atoms with Crippen LogP contribution < -0.4 is 4.90 Å². The van der Waals surface area contributed by atoms with Crippen LogP contribution in [-0.4, -0.2) is 29.9 Å². The van der Waals surface area contributed by atoms with Crippen LogP contribution in [-0.2, 0) is 9.53 Å². The highest BCUT2D eigenvalue weighted by Crippen LogP contribution is 2.42. The monoisotopic (exact) mass is 477 g/mol. The topological polar surface area (TPSA) is 110 Å². The Kier molecular flexibility index (Phi) is 5.22. The Morgan fingerprint density at radius 2 is 1.85 bits per heavy atom. The second-order valence-corrected chi connectivity index (χ2v) is 7.95. The Morgan fingerprint density at radius 1 is 1.09 bits per heavy atom. The Hall–Kier alpha value is -4.30. The van der Waals surface area contributed by atoms with Crippen molar-refractivity contribution >= 4 is 45.9 Å². The molecule has 0 saturated heterocycles. The number of hydrogen-bond donors (Lipinski definition) is 1. The van der Waals surface area contributed by atoms with Crippen LogP contribution in [0.15, 0.2) is 87.1 Å². The predicted molar refractivity (Wildman–Crippen MR) is 122 cm³/mol. The Balaban J connectivity index is 1.59. The number of anilines is 1. The molecule has 5 rings (SSSR count). The van der Waals surface area contributed by atoms with Crippen molar-refractivity contribution in [2.75, 3.05) is 12.0 Å². The number of furan rings is 2. The zero-order valence-electron chi connectivity index (χ0n) is 17.7. The number of amides is 1. The van der Waals surface area contributed by atoms with E-state index in [0.717, 1.165) is 0 Å². The van der Waals surface area contributed by atoms with E-state index in [2.05, 4.69) is 0 Å². The number of carbonyl (C=O) groups is 3. The van der Waals surface area contributed by atoms with Gasteiger partial charge in [-0.2, -0.15) is 0 Å². The minimum absolute atomic E-state index is 0.0638. The van der Waals surface area contributed by atoms with Gasteiger partial charge in [-0.1, -0.05) is 11.6 Å². The normalized spacial score (nSPS) is 15.9. The number of nitrogens with zero attached hydrogens (tertiary/aromatic N) is 1. The Bertz CT molecular complexity index is 1460. The molecule has 0 bridgehead atoms. The van der Waals surface area contributed by atoms with Crippen molar-refractivity contribution < 1.29 is 33.1 Å². The summed E-state index contributed by atoms with van der Waals surface area (Å²) >= 11 is 6.03. The summed E-state index contributed by atoms with van der Waals surface area (Å²) in [5.74, 6) is -2.53. The van der Waals surface area contributed by atoms with Gasteiger partial charge in [0.05, 0.1) is 24.5 Å². The standard InChI is InChI=1S/C25H16ClNO7/c1-32-25(31)13-4-7-16(8-5-13)27-21(18-3-2-10-33-18)20(23(29)24(27)30)22(28)19-12-14-11-15(26)6-9-17(14)34-19/h2-12,21,29H,1H3. The largest absolute Gasteiger partial charge is 0.503 e. The lowest BCUT2D eigenvalue weighted by molar-refractivity contribution is -0.117. The predicted octanol–water partition coefficient (Wildman–Crippen LogP) is 5.25. The average molecular weight is 478 g/mol. The number of ketones is 1. The average Bonchev–Trinajstić information content (AvgIpc) is 3.57. The molecular weight excluding hydrogens is 462 g/mol. The van der Waals surface area contributed by atoms with Gasteiger partial charge >= 0.3 is 5.97 Å². The summed E-state index contributed by atoms with van der Waals surface area (Å²) in [6.45, 7) is 0. The van der Waals surface area contributed by atoms with Crippen LogP contribution in [0, 0.1) is 0 Å². The molecule has 0 spiro atoms. The van der Waals surface area contributed by atoms with E-state index < -0.39 is 29.5 Å². The van der Waals surface area contributed by atoms with E-state index in [1.54, 1.807) is 30.3 Å². The van der Waals surface area contributed by atoms with E-state index >= 15 is 0 Å². The van der Waals surface area contributed by atoms with E-state index in [0.29, 0.717) is 21.7 Å². The molecule has 170 valence electrons. The second-order valence-electron chi connectivity index (χ2n) is 7.52. The highest BCUT2D eigenvalue weighted by Gasteiger charge is 2.46. The maximum atomic E-state index is 13.5. The maximum absolute atomic E-state index is 13.5. The number of aliphatic hydroxyl groups is 1. The summed E-state index contributed by atoms with van der Waals surface area (Å²) in [7, 11) is 1.26. The van der Waals surface area contributed by atoms with E-state index in [1.807, 2.05) is 0 Å². The van der Waals surface area contributed by atoms with Crippen LogP contribution in [0.3, 0.4) is 0 Å². The number of methoxy groups -OCH3 is 1. The van der Waals surface area contributed by atoms with Crippen LogP contribution in [0.25, 0.3) is 11.0 Å². The van der Waals surface area contributed by atoms with Crippen molar-refractivity contribution in [3.05, 3.63) is 100 Å². The van der Waals surface area contributed by atoms with Crippen molar-refractivity contribution in [2.24, 2.45) is 0 Å². The first-order valence-electron chi connectivity index (χ1n) is 10.1. The zero-order valence-corrected chi connectivity index (χ0v) is 18.4.